The Kier molecular flexibility index (Phi) is 5.55. The number of aliphatic carboxylic acids is 1. The number of hydrogen-bond acceptors (Lipinski definition) is 5. The van der Waals surface area contributed by atoms with Crippen LogP contribution in [-0.4, -0.2) is 34.2 Å². The van der Waals surface area contributed by atoms with Crippen molar-refractivity contribution in [3.8, 4) is 5.75 Å². The number of nitrogens with one attached hydrogen (secondary N) is 3. The van der Waals surface area contributed by atoms with Crippen molar-refractivity contribution < 1.29 is 19.8 Å². The molecule has 0 radical (unpaired) electrons. The van der Waals surface area contributed by atoms with Crippen molar-refractivity contribution in [1.82, 2.24) is 16.2 Å². The van der Waals surface area contributed by atoms with Crippen LogP contribution in [0.2, 0.25) is 0 Å². The van der Waals surface area contributed by atoms with Crippen LogP contribution in [0.5, 0.6) is 5.75 Å². The fourth-order valence-electron chi connectivity index (χ4n) is 3.76. The third kappa shape index (κ3) is 4.29. The van der Waals surface area contributed by atoms with Gasteiger partial charge in [0.05, 0.1) is 0 Å². The Labute approximate surface area is 146 Å². The van der Waals surface area contributed by atoms with Crippen molar-refractivity contribution in [2.45, 2.75) is 56.7 Å². The van der Waals surface area contributed by atoms with E-state index in [4.69, 9.17) is 0 Å². The molecule has 2 aliphatic rings. The number of hydrazine groups is 1. The van der Waals surface area contributed by atoms with E-state index >= 15 is 0 Å². The van der Waals surface area contributed by atoms with E-state index in [1.54, 1.807) is 24.3 Å². The monoisotopic (exact) mass is 347 g/mol. The van der Waals surface area contributed by atoms with Crippen molar-refractivity contribution in [2.24, 2.45) is 5.92 Å². The van der Waals surface area contributed by atoms with Crippen molar-refractivity contribution in [3.63, 3.8) is 0 Å². The first-order valence-electron chi connectivity index (χ1n) is 8.88. The molecule has 7 heteroatoms. The lowest BCUT2D eigenvalue weighted by atomic mass is 9.83. The van der Waals surface area contributed by atoms with Gasteiger partial charge in [-0.05, 0) is 42.9 Å². The predicted octanol–water partition coefficient (Wildman–Crippen LogP) is 1.45. The van der Waals surface area contributed by atoms with Crippen molar-refractivity contribution >= 4 is 11.9 Å². The summed E-state index contributed by atoms with van der Waals surface area (Å²) in [5.74, 6) is -1.04. The Morgan fingerprint density at radius 1 is 1.08 bits per heavy atom. The van der Waals surface area contributed by atoms with Gasteiger partial charge in [-0.2, -0.15) is 0 Å². The molecule has 0 aromatic heterocycles. The van der Waals surface area contributed by atoms with Crippen LogP contribution in [-0.2, 0) is 9.59 Å². The molecule has 3 rings (SSSR count). The van der Waals surface area contributed by atoms with Crippen molar-refractivity contribution in [2.75, 3.05) is 0 Å². The Morgan fingerprint density at radius 2 is 1.76 bits per heavy atom. The fraction of sp³-hybridized carbons (Fsp3) is 0.556. The van der Waals surface area contributed by atoms with Gasteiger partial charge in [-0.25, -0.2) is 15.6 Å². The molecular weight excluding hydrogens is 322 g/mol. The smallest absolute Gasteiger partial charge is 0.326 e. The van der Waals surface area contributed by atoms with Crippen LogP contribution in [0.25, 0.3) is 0 Å². The molecule has 0 bridgehead atoms. The topological polar surface area (TPSA) is 111 Å². The minimum absolute atomic E-state index is 0.0115. The molecule has 1 saturated heterocycles. The Bertz CT molecular complexity index is 613. The SMILES string of the molecule is O=C(N[C@H](C(=O)O)C1CCCCC1)C1CC(c2ccc(O)cc2)NN1. The van der Waals surface area contributed by atoms with Crippen LogP contribution < -0.4 is 16.2 Å². The second kappa shape index (κ2) is 7.84. The lowest BCUT2D eigenvalue weighted by molar-refractivity contribution is -0.144. The van der Waals surface area contributed by atoms with E-state index in [1.807, 2.05) is 0 Å². The second-order valence-electron chi connectivity index (χ2n) is 6.94. The molecule has 7 nitrogen and oxygen atoms in total. The summed E-state index contributed by atoms with van der Waals surface area (Å²) in [6.07, 6.45) is 5.41. The normalized spacial score (nSPS) is 25.4. The van der Waals surface area contributed by atoms with Gasteiger partial charge in [0, 0.05) is 6.04 Å². The average molecular weight is 347 g/mol. The van der Waals surface area contributed by atoms with Gasteiger partial charge in [-0.3, -0.25) is 4.79 Å². The predicted molar refractivity (Wildman–Crippen MR) is 91.7 cm³/mol. The number of rotatable bonds is 5. The molecule has 25 heavy (non-hydrogen) atoms. The lowest BCUT2D eigenvalue weighted by Crippen LogP contribution is -2.52. The summed E-state index contributed by atoms with van der Waals surface area (Å²) in [5, 5.41) is 21.6. The van der Waals surface area contributed by atoms with Gasteiger partial charge in [-0.15, -0.1) is 0 Å². The van der Waals surface area contributed by atoms with Crippen LogP contribution in [0, 0.1) is 5.92 Å². The van der Waals surface area contributed by atoms with Crippen molar-refractivity contribution in [3.05, 3.63) is 29.8 Å². The molecule has 1 aliphatic heterocycles. The van der Waals surface area contributed by atoms with Gasteiger partial charge in [0.25, 0.3) is 0 Å². The quantitative estimate of drug-likeness (QED) is 0.551. The highest BCUT2D eigenvalue weighted by atomic mass is 16.4. The molecule has 1 aromatic rings. The molecule has 3 atom stereocenters. The highest BCUT2D eigenvalue weighted by Crippen LogP contribution is 2.28. The van der Waals surface area contributed by atoms with E-state index in [0.717, 1.165) is 37.7 Å². The van der Waals surface area contributed by atoms with Gasteiger partial charge >= 0.3 is 5.97 Å². The third-order valence-corrected chi connectivity index (χ3v) is 5.20. The summed E-state index contributed by atoms with van der Waals surface area (Å²) in [4.78, 5) is 24.1. The summed E-state index contributed by atoms with van der Waals surface area (Å²) in [6, 6.07) is 5.46. The van der Waals surface area contributed by atoms with Gasteiger partial charge in [0.15, 0.2) is 0 Å². The molecule has 1 saturated carbocycles. The van der Waals surface area contributed by atoms with Crippen molar-refractivity contribution in [1.29, 1.82) is 0 Å². The maximum Gasteiger partial charge on any atom is 0.326 e. The third-order valence-electron chi connectivity index (χ3n) is 5.20. The summed E-state index contributed by atoms with van der Waals surface area (Å²) in [5.41, 5.74) is 6.98. The molecule has 5 N–H and O–H groups in total. The molecule has 1 amide bonds. The van der Waals surface area contributed by atoms with E-state index in [9.17, 15) is 19.8 Å². The summed E-state index contributed by atoms with van der Waals surface area (Å²) in [7, 11) is 0. The largest absolute Gasteiger partial charge is 0.508 e. The number of phenols is 1. The average Bonchev–Trinajstić information content (AvgIpc) is 3.11. The standard InChI is InChI=1S/C18H25N3O4/c22-13-8-6-11(7-9-13)14-10-15(21-20-14)17(23)19-16(18(24)25)12-4-2-1-3-5-12/h6-9,12,14-16,20-22H,1-5,10H2,(H,19,23)(H,24,25)/t14?,15?,16-/m0/s1. The molecule has 0 spiro atoms. The molecule has 136 valence electrons. The van der Waals surface area contributed by atoms with Crippen LogP contribution >= 0.6 is 0 Å². The zero-order valence-electron chi connectivity index (χ0n) is 14.1. The second-order valence-corrected chi connectivity index (χ2v) is 6.94. The summed E-state index contributed by atoms with van der Waals surface area (Å²) >= 11 is 0. The molecular formula is C18H25N3O4. The molecule has 1 aliphatic carbocycles. The first kappa shape index (κ1) is 17.7. The number of benzene rings is 1. The number of amides is 1. The highest BCUT2D eigenvalue weighted by molar-refractivity contribution is 5.87. The number of carboxylic acids is 1. The molecule has 2 fully saturated rings. The highest BCUT2D eigenvalue weighted by Gasteiger charge is 2.35. The van der Waals surface area contributed by atoms with E-state index < -0.39 is 18.1 Å². The number of carbonyl (C=O) groups is 2. The van der Waals surface area contributed by atoms with Gasteiger partial charge in [0.2, 0.25) is 5.91 Å². The summed E-state index contributed by atoms with van der Waals surface area (Å²) < 4.78 is 0. The van der Waals surface area contributed by atoms with Crippen LogP contribution in [0.4, 0.5) is 0 Å². The van der Waals surface area contributed by atoms with E-state index in [1.165, 1.54) is 0 Å². The number of carbonyl (C=O) groups excluding carboxylic acids is 1. The van der Waals surface area contributed by atoms with Crippen LogP contribution in [0.1, 0.15) is 50.1 Å². The molecule has 1 aromatic carbocycles. The summed E-state index contributed by atoms with van der Waals surface area (Å²) in [6.45, 7) is 0. The zero-order chi connectivity index (χ0) is 17.8. The lowest BCUT2D eigenvalue weighted by Gasteiger charge is -2.28. The van der Waals surface area contributed by atoms with Gasteiger partial charge < -0.3 is 15.5 Å². The Balaban J connectivity index is 1.59. The van der Waals surface area contributed by atoms with E-state index in [-0.39, 0.29) is 23.6 Å². The Morgan fingerprint density at radius 3 is 2.40 bits per heavy atom. The first-order chi connectivity index (χ1) is 12.0. The van der Waals surface area contributed by atoms with E-state index in [0.29, 0.717) is 6.42 Å². The number of aromatic hydroxyl groups is 1. The number of hydrogen-bond donors (Lipinski definition) is 5. The van der Waals surface area contributed by atoms with Gasteiger partial charge in [0.1, 0.15) is 17.8 Å². The fourth-order valence-corrected chi connectivity index (χ4v) is 3.76. The van der Waals surface area contributed by atoms with Gasteiger partial charge in [-0.1, -0.05) is 31.4 Å². The van der Waals surface area contributed by atoms with Crippen LogP contribution in [0.15, 0.2) is 24.3 Å². The minimum atomic E-state index is -0.957. The molecule has 1 heterocycles. The molecule has 2 unspecified atom stereocenters. The zero-order valence-corrected chi connectivity index (χ0v) is 14.1. The maximum absolute atomic E-state index is 12.5. The van der Waals surface area contributed by atoms with Crippen LogP contribution in [0.3, 0.4) is 0 Å². The number of carboxylic acid groups (broad SMARTS) is 1. The number of phenolic OH excluding ortho intramolecular Hbond substituents is 1. The first-order valence-corrected chi connectivity index (χ1v) is 8.88. The Hall–Kier alpha value is -2.12. The minimum Gasteiger partial charge on any atom is -0.508 e. The maximum atomic E-state index is 12.5. The van der Waals surface area contributed by atoms with E-state index in [2.05, 4.69) is 16.2 Å².